The van der Waals surface area contributed by atoms with Gasteiger partial charge in [0.1, 0.15) is 0 Å². The summed E-state index contributed by atoms with van der Waals surface area (Å²) in [5.41, 5.74) is 0.377. The van der Waals surface area contributed by atoms with Crippen LogP contribution in [0.3, 0.4) is 0 Å². The first-order valence-corrected chi connectivity index (χ1v) is 3.58. The minimum atomic E-state index is 0.377. The van der Waals surface area contributed by atoms with Gasteiger partial charge in [-0.2, -0.15) is 0 Å². The summed E-state index contributed by atoms with van der Waals surface area (Å²) in [6.07, 6.45) is 0. The first-order valence-electron chi connectivity index (χ1n) is 3.04. The zero-order valence-electron chi connectivity index (χ0n) is 6.16. The third-order valence-electron chi connectivity index (χ3n) is 1.71. The zero-order valence-corrected chi connectivity index (χ0v) is 6.92. The molecule has 0 aromatic heterocycles. The lowest BCUT2D eigenvalue weighted by Gasteiger charge is -2.24. The van der Waals surface area contributed by atoms with Crippen molar-refractivity contribution in [2.45, 2.75) is 27.7 Å². The SMILES string of the molecule is C[C@@H](CCl)C(C)(C)C. The van der Waals surface area contributed by atoms with E-state index >= 15 is 0 Å². The molecule has 0 heterocycles. The summed E-state index contributed by atoms with van der Waals surface area (Å²) in [7, 11) is 0. The summed E-state index contributed by atoms with van der Waals surface area (Å²) in [5.74, 6) is 1.38. The van der Waals surface area contributed by atoms with Crippen LogP contribution < -0.4 is 0 Å². The molecular weight excluding hydrogens is 120 g/mol. The second-order valence-electron chi connectivity index (χ2n) is 3.42. The van der Waals surface area contributed by atoms with Crippen LogP contribution >= 0.6 is 11.6 Å². The molecule has 0 fully saturated rings. The van der Waals surface area contributed by atoms with Crippen LogP contribution in [-0.2, 0) is 0 Å². The summed E-state index contributed by atoms with van der Waals surface area (Å²) in [4.78, 5) is 0. The maximum atomic E-state index is 5.64. The normalized spacial score (nSPS) is 16.1. The summed E-state index contributed by atoms with van der Waals surface area (Å²) >= 11 is 5.64. The number of halogens is 1. The van der Waals surface area contributed by atoms with Crippen molar-refractivity contribution in [1.82, 2.24) is 0 Å². The Balaban J connectivity index is 3.62. The van der Waals surface area contributed by atoms with Gasteiger partial charge in [0.05, 0.1) is 0 Å². The van der Waals surface area contributed by atoms with Gasteiger partial charge in [0, 0.05) is 5.88 Å². The second-order valence-corrected chi connectivity index (χ2v) is 3.73. The van der Waals surface area contributed by atoms with E-state index in [0.29, 0.717) is 11.3 Å². The first kappa shape index (κ1) is 8.29. The highest BCUT2D eigenvalue weighted by atomic mass is 35.5. The van der Waals surface area contributed by atoms with E-state index in [1.54, 1.807) is 0 Å². The molecule has 0 rings (SSSR count). The Morgan fingerprint density at radius 3 is 1.75 bits per heavy atom. The Bertz CT molecular complexity index is 61.3. The van der Waals surface area contributed by atoms with E-state index in [1.165, 1.54) is 0 Å². The van der Waals surface area contributed by atoms with E-state index in [-0.39, 0.29) is 0 Å². The van der Waals surface area contributed by atoms with Crippen LogP contribution in [0, 0.1) is 11.3 Å². The summed E-state index contributed by atoms with van der Waals surface area (Å²) in [6, 6.07) is 0. The van der Waals surface area contributed by atoms with Crippen LogP contribution in [0.15, 0.2) is 0 Å². The van der Waals surface area contributed by atoms with Crippen molar-refractivity contribution in [2.24, 2.45) is 11.3 Å². The molecule has 0 aliphatic carbocycles. The monoisotopic (exact) mass is 134 g/mol. The van der Waals surface area contributed by atoms with Crippen molar-refractivity contribution < 1.29 is 0 Å². The van der Waals surface area contributed by atoms with E-state index in [9.17, 15) is 0 Å². The predicted octanol–water partition coefficient (Wildman–Crippen LogP) is 2.91. The Morgan fingerprint density at radius 2 is 1.75 bits per heavy atom. The lowest BCUT2D eigenvalue weighted by atomic mass is 9.83. The Hall–Kier alpha value is 0.290. The van der Waals surface area contributed by atoms with Crippen molar-refractivity contribution >= 4 is 11.6 Å². The highest BCUT2D eigenvalue weighted by molar-refractivity contribution is 6.18. The fraction of sp³-hybridized carbons (Fsp3) is 1.00. The predicted molar refractivity (Wildman–Crippen MR) is 39.3 cm³/mol. The van der Waals surface area contributed by atoms with Crippen molar-refractivity contribution in [1.29, 1.82) is 0 Å². The molecule has 0 saturated carbocycles. The van der Waals surface area contributed by atoms with Crippen molar-refractivity contribution in [3.05, 3.63) is 0 Å². The largest absolute Gasteiger partial charge is 0.126 e. The molecular formula is C7H15Cl. The van der Waals surface area contributed by atoms with Crippen molar-refractivity contribution in [3.8, 4) is 0 Å². The van der Waals surface area contributed by atoms with Gasteiger partial charge in [-0.3, -0.25) is 0 Å². The lowest BCUT2D eigenvalue weighted by Crippen LogP contribution is -2.18. The van der Waals surface area contributed by atoms with Gasteiger partial charge in [0.2, 0.25) is 0 Å². The first-order chi connectivity index (χ1) is 3.48. The molecule has 8 heavy (non-hydrogen) atoms. The highest BCUT2D eigenvalue weighted by Crippen LogP contribution is 2.25. The van der Waals surface area contributed by atoms with E-state index in [4.69, 9.17) is 11.6 Å². The van der Waals surface area contributed by atoms with E-state index in [0.717, 1.165) is 5.88 Å². The van der Waals surface area contributed by atoms with Crippen LogP contribution in [-0.4, -0.2) is 5.88 Å². The molecule has 1 heteroatoms. The van der Waals surface area contributed by atoms with Gasteiger partial charge < -0.3 is 0 Å². The van der Waals surface area contributed by atoms with Crippen LogP contribution in [0.4, 0.5) is 0 Å². The van der Waals surface area contributed by atoms with Gasteiger partial charge in [-0.25, -0.2) is 0 Å². The van der Waals surface area contributed by atoms with Crippen molar-refractivity contribution in [3.63, 3.8) is 0 Å². The molecule has 0 amide bonds. The quantitative estimate of drug-likeness (QED) is 0.484. The molecule has 0 radical (unpaired) electrons. The summed E-state index contributed by atoms with van der Waals surface area (Å²) in [5, 5.41) is 0. The number of rotatable bonds is 1. The zero-order chi connectivity index (χ0) is 6.78. The molecule has 0 aromatic rings. The van der Waals surface area contributed by atoms with Gasteiger partial charge in [-0.05, 0) is 11.3 Å². The molecule has 0 saturated heterocycles. The molecule has 0 spiro atoms. The molecule has 0 unspecified atom stereocenters. The topological polar surface area (TPSA) is 0 Å². The van der Waals surface area contributed by atoms with Crippen LogP contribution in [0.2, 0.25) is 0 Å². The third-order valence-corrected chi connectivity index (χ3v) is 2.17. The third kappa shape index (κ3) is 2.56. The minimum Gasteiger partial charge on any atom is -0.126 e. The fourth-order valence-corrected chi connectivity index (χ4v) is 0.694. The molecule has 0 aliphatic rings. The van der Waals surface area contributed by atoms with Gasteiger partial charge in [-0.15, -0.1) is 11.6 Å². The molecule has 0 bridgehead atoms. The smallest absolute Gasteiger partial charge is 0.0254 e. The van der Waals surface area contributed by atoms with Crippen LogP contribution in [0.1, 0.15) is 27.7 Å². The maximum absolute atomic E-state index is 5.64. The second kappa shape index (κ2) is 2.72. The Labute approximate surface area is 57.2 Å². The molecule has 0 nitrogen and oxygen atoms in total. The van der Waals surface area contributed by atoms with Crippen molar-refractivity contribution in [2.75, 3.05) is 5.88 Å². The van der Waals surface area contributed by atoms with Gasteiger partial charge in [0.25, 0.3) is 0 Å². The van der Waals surface area contributed by atoms with E-state index < -0.39 is 0 Å². The standard InChI is InChI=1S/C7H15Cl/c1-6(5-8)7(2,3)4/h6H,5H2,1-4H3/t6-/m0/s1. The maximum Gasteiger partial charge on any atom is 0.0254 e. The summed E-state index contributed by atoms with van der Waals surface area (Å²) < 4.78 is 0. The van der Waals surface area contributed by atoms with Gasteiger partial charge >= 0.3 is 0 Å². The average molecular weight is 135 g/mol. The highest BCUT2D eigenvalue weighted by Gasteiger charge is 2.17. The number of hydrogen-bond acceptors (Lipinski definition) is 0. The van der Waals surface area contributed by atoms with E-state index in [1.807, 2.05) is 0 Å². The minimum absolute atomic E-state index is 0.377. The fourth-order valence-electron chi connectivity index (χ4n) is 0.231. The lowest BCUT2D eigenvalue weighted by molar-refractivity contribution is 0.287. The van der Waals surface area contributed by atoms with E-state index in [2.05, 4.69) is 27.7 Å². The number of alkyl halides is 1. The molecule has 50 valence electrons. The number of hydrogen-bond donors (Lipinski definition) is 0. The van der Waals surface area contributed by atoms with Crippen LogP contribution in [0.25, 0.3) is 0 Å². The van der Waals surface area contributed by atoms with Gasteiger partial charge in [-0.1, -0.05) is 27.7 Å². The van der Waals surface area contributed by atoms with Gasteiger partial charge in [0.15, 0.2) is 0 Å². The Morgan fingerprint density at radius 1 is 1.38 bits per heavy atom. The molecule has 0 aliphatic heterocycles. The average Bonchev–Trinajstić information content (AvgIpc) is 1.62. The molecule has 1 atom stereocenters. The summed E-state index contributed by atoms with van der Waals surface area (Å²) in [6.45, 7) is 8.80. The molecule has 0 N–H and O–H groups in total. The Kier molecular flexibility index (Phi) is 2.82. The molecule has 0 aromatic carbocycles. The van der Waals surface area contributed by atoms with Crippen LogP contribution in [0.5, 0.6) is 0 Å².